The van der Waals surface area contributed by atoms with Gasteiger partial charge in [-0.3, -0.25) is 0 Å². The highest BCUT2D eigenvalue weighted by Crippen LogP contribution is 2.27. The zero-order valence-electron chi connectivity index (χ0n) is 14.8. The molecule has 1 N–H and O–H groups in total. The van der Waals surface area contributed by atoms with E-state index in [-0.39, 0.29) is 6.04 Å². The highest BCUT2D eigenvalue weighted by molar-refractivity contribution is 6.32. The topological polar surface area (TPSA) is 67.3 Å². The Labute approximate surface area is 152 Å². The van der Waals surface area contributed by atoms with Crippen molar-refractivity contribution in [2.75, 3.05) is 18.0 Å². The lowest BCUT2D eigenvalue weighted by molar-refractivity contribution is 0.0500. The Balaban J connectivity index is 1.73. The minimum absolute atomic E-state index is 0.00654. The fourth-order valence-electron chi connectivity index (χ4n) is 2.93. The number of piperidine rings is 1. The summed E-state index contributed by atoms with van der Waals surface area (Å²) in [6.45, 7) is 7.02. The van der Waals surface area contributed by atoms with E-state index in [9.17, 15) is 4.79 Å². The van der Waals surface area contributed by atoms with Gasteiger partial charge in [0.2, 0.25) is 0 Å². The minimum atomic E-state index is -0.508. The molecule has 2 aromatic rings. The predicted octanol–water partition coefficient (Wildman–Crippen LogP) is 3.78. The van der Waals surface area contributed by atoms with Crippen LogP contribution in [0.25, 0.3) is 11.0 Å². The van der Waals surface area contributed by atoms with Crippen LogP contribution in [-0.2, 0) is 4.74 Å². The Hall–Kier alpha value is -2.08. The van der Waals surface area contributed by atoms with Crippen LogP contribution in [-0.4, -0.2) is 40.8 Å². The number of ether oxygens (including phenoxy) is 1. The third-order valence-corrected chi connectivity index (χ3v) is 4.21. The van der Waals surface area contributed by atoms with E-state index in [2.05, 4.69) is 20.2 Å². The molecular weight excluding hydrogens is 340 g/mol. The van der Waals surface area contributed by atoms with Gasteiger partial charge in [-0.1, -0.05) is 23.7 Å². The van der Waals surface area contributed by atoms with Gasteiger partial charge in [-0.05, 0) is 45.7 Å². The second-order valence-corrected chi connectivity index (χ2v) is 7.62. The van der Waals surface area contributed by atoms with E-state index in [0.717, 1.165) is 30.4 Å². The normalized spacial score (nSPS) is 18.2. The maximum absolute atomic E-state index is 12.0. The number of carbonyl (C=O) groups is 1. The number of anilines is 1. The first-order valence-electron chi connectivity index (χ1n) is 8.48. The lowest BCUT2D eigenvalue weighted by Crippen LogP contribution is -2.49. The number of benzene rings is 1. The molecule has 0 spiro atoms. The number of nitrogens with zero attached hydrogens (tertiary/aromatic N) is 3. The molecule has 1 saturated heterocycles. The summed E-state index contributed by atoms with van der Waals surface area (Å²) in [5, 5.41) is 3.32. The Morgan fingerprint density at radius 1 is 1.28 bits per heavy atom. The molecule has 1 aliphatic rings. The Morgan fingerprint density at radius 3 is 2.64 bits per heavy atom. The summed E-state index contributed by atoms with van der Waals surface area (Å²) >= 11 is 6.35. The largest absolute Gasteiger partial charge is 0.444 e. The number of rotatable bonds is 2. The molecule has 1 amide bonds. The third kappa shape index (κ3) is 4.51. The van der Waals surface area contributed by atoms with E-state index in [0.29, 0.717) is 17.5 Å². The number of fused-ring (bicyclic) bond motifs is 1. The van der Waals surface area contributed by atoms with E-state index in [1.165, 1.54) is 0 Å². The van der Waals surface area contributed by atoms with Crippen molar-refractivity contribution in [1.82, 2.24) is 15.3 Å². The summed E-state index contributed by atoms with van der Waals surface area (Å²) in [7, 11) is 0. The molecule has 3 rings (SSSR count). The first kappa shape index (κ1) is 17.7. The van der Waals surface area contributed by atoms with Gasteiger partial charge in [-0.15, -0.1) is 0 Å². The maximum atomic E-state index is 12.0. The van der Waals surface area contributed by atoms with E-state index in [4.69, 9.17) is 16.3 Å². The average molecular weight is 363 g/mol. The molecular formula is C18H23ClN4O2. The van der Waals surface area contributed by atoms with Gasteiger partial charge in [-0.2, -0.15) is 0 Å². The molecule has 25 heavy (non-hydrogen) atoms. The van der Waals surface area contributed by atoms with E-state index < -0.39 is 11.7 Å². The monoisotopic (exact) mass is 362 g/mol. The number of carbonyl (C=O) groups excluding carboxylic acids is 1. The second kappa shape index (κ2) is 7.04. The molecule has 134 valence electrons. The molecule has 1 fully saturated rings. The number of alkyl carbamates (subject to hydrolysis) is 1. The Kier molecular flexibility index (Phi) is 4.99. The molecule has 0 bridgehead atoms. The molecule has 2 heterocycles. The molecule has 1 aromatic carbocycles. The number of halogens is 1. The van der Waals surface area contributed by atoms with Crippen molar-refractivity contribution < 1.29 is 9.53 Å². The predicted molar refractivity (Wildman–Crippen MR) is 99.2 cm³/mol. The van der Waals surface area contributed by atoms with Gasteiger partial charge in [0, 0.05) is 19.1 Å². The lowest BCUT2D eigenvalue weighted by atomic mass is 10.1. The maximum Gasteiger partial charge on any atom is 0.407 e. The molecule has 0 radical (unpaired) electrons. The van der Waals surface area contributed by atoms with E-state index >= 15 is 0 Å². The quantitative estimate of drug-likeness (QED) is 0.880. The SMILES string of the molecule is CC(C)(C)OC(=O)N[C@@H]1CCCN(c2nc3ccccc3nc2Cl)C1. The lowest BCUT2D eigenvalue weighted by Gasteiger charge is -2.34. The fourth-order valence-corrected chi connectivity index (χ4v) is 3.18. The fraction of sp³-hybridized carbons (Fsp3) is 0.500. The molecule has 0 saturated carbocycles. The van der Waals surface area contributed by atoms with Gasteiger partial charge in [0.15, 0.2) is 11.0 Å². The van der Waals surface area contributed by atoms with Crippen molar-refractivity contribution >= 4 is 34.5 Å². The van der Waals surface area contributed by atoms with E-state index in [1.54, 1.807) is 0 Å². The average Bonchev–Trinajstić information content (AvgIpc) is 2.52. The Morgan fingerprint density at radius 2 is 1.96 bits per heavy atom. The van der Waals surface area contributed by atoms with E-state index in [1.807, 2.05) is 45.0 Å². The Bertz CT molecular complexity index is 775. The van der Waals surface area contributed by atoms with Crippen molar-refractivity contribution in [2.24, 2.45) is 0 Å². The number of para-hydroxylation sites is 2. The molecule has 6 nitrogen and oxygen atoms in total. The van der Waals surface area contributed by atoms with Gasteiger partial charge in [0.25, 0.3) is 0 Å². The van der Waals surface area contributed by atoms with Gasteiger partial charge in [0.05, 0.1) is 11.0 Å². The molecule has 1 atom stereocenters. The zero-order chi connectivity index (χ0) is 18.0. The van der Waals surface area contributed by atoms with Crippen molar-refractivity contribution in [3.05, 3.63) is 29.4 Å². The van der Waals surface area contributed by atoms with Gasteiger partial charge >= 0.3 is 6.09 Å². The number of hydrogen-bond donors (Lipinski definition) is 1. The summed E-state index contributed by atoms with van der Waals surface area (Å²) < 4.78 is 5.34. The summed E-state index contributed by atoms with van der Waals surface area (Å²) in [6.07, 6.45) is 1.44. The van der Waals surface area contributed by atoms with Crippen LogP contribution in [0.5, 0.6) is 0 Å². The molecule has 1 aromatic heterocycles. The van der Waals surface area contributed by atoms with Crippen LogP contribution in [0, 0.1) is 0 Å². The van der Waals surface area contributed by atoms with Gasteiger partial charge in [0.1, 0.15) is 5.60 Å². The standard InChI is InChI=1S/C18H23ClN4O2/c1-18(2,3)25-17(24)20-12-7-6-10-23(11-12)16-15(19)21-13-8-4-5-9-14(13)22-16/h4-5,8-9,12H,6-7,10-11H2,1-3H3,(H,20,24)/t12-/m1/s1. The van der Waals surface area contributed by atoms with Crippen molar-refractivity contribution in [3.8, 4) is 0 Å². The molecule has 0 aliphatic carbocycles. The van der Waals surface area contributed by atoms with Crippen LogP contribution in [0.15, 0.2) is 24.3 Å². The van der Waals surface area contributed by atoms with Crippen molar-refractivity contribution in [3.63, 3.8) is 0 Å². The number of aromatic nitrogens is 2. The first-order valence-corrected chi connectivity index (χ1v) is 8.86. The van der Waals surface area contributed by atoms with Crippen LogP contribution in [0.4, 0.5) is 10.6 Å². The second-order valence-electron chi connectivity index (χ2n) is 7.26. The van der Waals surface area contributed by atoms with Crippen LogP contribution in [0.3, 0.4) is 0 Å². The van der Waals surface area contributed by atoms with Gasteiger partial charge < -0.3 is 15.0 Å². The summed E-state index contributed by atoms with van der Waals surface area (Å²) in [6, 6.07) is 7.64. The molecule has 1 aliphatic heterocycles. The van der Waals surface area contributed by atoms with Crippen molar-refractivity contribution in [1.29, 1.82) is 0 Å². The summed E-state index contributed by atoms with van der Waals surface area (Å²) in [5.41, 5.74) is 1.08. The number of amides is 1. The first-order chi connectivity index (χ1) is 11.8. The highest BCUT2D eigenvalue weighted by atomic mass is 35.5. The highest BCUT2D eigenvalue weighted by Gasteiger charge is 2.26. The summed E-state index contributed by atoms with van der Waals surface area (Å²) in [4.78, 5) is 23.2. The zero-order valence-corrected chi connectivity index (χ0v) is 15.5. The molecule has 0 unspecified atom stereocenters. The van der Waals surface area contributed by atoms with Crippen LogP contribution in [0.1, 0.15) is 33.6 Å². The van der Waals surface area contributed by atoms with Crippen LogP contribution >= 0.6 is 11.6 Å². The minimum Gasteiger partial charge on any atom is -0.444 e. The smallest absolute Gasteiger partial charge is 0.407 e. The third-order valence-electron chi connectivity index (χ3n) is 3.95. The van der Waals surface area contributed by atoms with Gasteiger partial charge in [-0.25, -0.2) is 14.8 Å². The molecule has 7 heteroatoms. The number of hydrogen-bond acceptors (Lipinski definition) is 5. The van der Waals surface area contributed by atoms with Crippen LogP contribution in [0.2, 0.25) is 5.15 Å². The summed E-state index contributed by atoms with van der Waals surface area (Å²) in [5.74, 6) is 0.663. The van der Waals surface area contributed by atoms with Crippen molar-refractivity contribution in [2.45, 2.75) is 45.3 Å². The van der Waals surface area contributed by atoms with Crippen LogP contribution < -0.4 is 10.2 Å². The number of nitrogens with one attached hydrogen (secondary N) is 1.